The number of halogens is 1. The number of fused-ring (bicyclic) bond motifs is 1. The average molecular weight is 460 g/mol. The van der Waals surface area contributed by atoms with Crippen molar-refractivity contribution in [2.45, 2.75) is 32.0 Å². The molecule has 1 fully saturated rings. The normalized spacial score (nSPS) is 21.2. The van der Waals surface area contributed by atoms with Gasteiger partial charge in [0.2, 0.25) is 0 Å². The lowest BCUT2D eigenvalue weighted by Gasteiger charge is -2.25. The fraction of sp³-hybridized carbons (Fsp3) is 0.185. The van der Waals surface area contributed by atoms with E-state index in [1.165, 1.54) is 4.90 Å². The van der Waals surface area contributed by atoms with E-state index in [-0.39, 0.29) is 24.0 Å². The summed E-state index contributed by atoms with van der Waals surface area (Å²) in [5, 5.41) is 11.8. The lowest BCUT2D eigenvalue weighted by Crippen LogP contribution is -2.29. The molecule has 0 radical (unpaired) electrons. The van der Waals surface area contributed by atoms with Gasteiger partial charge in [0.05, 0.1) is 11.6 Å². The standard InChI is InChI=1S/C27H22ClNO4/c1-16-13-20-14-19(9-12-22(20)33-16)25(30)23-24(18-7-10-21(28)11-8-18)29(27(32)26(23)31)15-17-5-3-2-4-6-17/h2-12,14,16,24,30H,13,15H2,1H3/t16-,24-/m1/s1. The van der Waals surface area contributed by atoms with E-state index < -0.39 is 17.7 Å². The minimum Gasteiger partial charge on any atom is -0.507 e. The minimum absolute atomic E-state index is 0.0583. The number of Topliss-reactive ketones (excluding diaryl/α,β-unsaturated/α-hetero) is 1. The Kier molecular flexibility index (Phi) is 5.43. The molecule has 0 spiro atoms. The molecule has 3 aromatic carbocycles. The van der Waals surface area contributed by atoms with Crippen molar-refractivity contribution in [1.29, 1.82) is 0 Å². The average Bonchev–Trinajstić information content (AvgIpc) is 3.31. The highest BCUT2D eigenvalue weighted by atomic mass is 35.5. The fourth-order valence-corrected chi connectivity index (χ4v) is 4.67. The third kappa shape index (κ3) is 3.89. The van der Waals surface area contributed by atoms with Gasteiger partial charge in [-0.25, -0.2) is 0 Å². The van der Waals surface area contributed by atoms with Crippen LogP contribution in [0.25, 0.3) is 5.76 Å². The third-order valence-electron chi connectivity index (χ3n) is 6.09. The van der Waals surface area contributed by atoms with Gasteiger partial charge in [0, 0.05) is 23.6 Å². The maximum Gasteiger partial charge on any atom is 0.295 e. The van der Waals surface area contributed by atoms with Crippen molar-refractivity contribution in [3.05, 3.63) is 106 Å². The Hall–Kier alpha value is -3.57. The molecule has 5 rings (SSSR count). The second kappa shape index (κ2) is 8.41. The number of aliphatic hydroxyl groups is 1. The molecule has 2 heterocycles. The molecule has 0 saturated carbocycles. The largest absolute Gasteiger partial charge is 0.507 e. The molecule has 0 unspecified atom stereocenters. The van der Waals surface area contributed by atoms with Crippen LogP contribution in [0.1, 0.15) is 35.2 Å². The zero-order valence-corrected chi connectivity index (χ0v) is 18.8. The molecule has 1 N–H and O–H groups in total. The summed E-state index contributed by atoms with van der Waals surface area (Å²) in [5.41, 5.74) is 3.12. The van der Waals surface area contributed by atoms with Crippen LogP contribution < -0.4 is 4.74 Å². The van der Waals surface area contributed by atoms with Gasteiger partial charge in [-0.3, -0.25) is 9.59 Å². The Morgan fingerprint density at radius 2 is 1.79 bits per heavy atom. The van der Waals surface area contributed by atoms with Crippen molar-refractivity contribution in [2.24, 2.45) is 0 Å². The van der Waals surface area contributed by atoms with Gasteiger partial charge in [-0.05, 0) is 53.9 Å². The number of carbonyl (C=O) groups is 2. The zero-order valence-electron chi connectivity index (χ0n) is 18.0. The Morgan fingerprint density at radius 1 is 1.06 bits per heavy atom. The predicted molar refractivity (Wildman–Crippen MR) is 126 cm³/mol. The number of ketones is 1. The van der Waals surface area contributed by atoms with Gasteiger partial charge in [0.25, 0.3) is 11.7 Å². The SMILES string of the molecule is C[C@@H]1Cc2cc(C(O)=C3C(=O)C(=O)N(Cc4ccccc4)[C@@H]3c3ccc(Cl)cc3)ccc2O1. The van der Waals surface area contributed by atoms with Crippen molar-refractivity contribution in [3.8, 4) is 5.75 Å². The van der Waals surface area contributed by atoms with Crippen LogP contribution in [0.4, 0.5) is 0 Å². The number of carbonyl (C=O) groups excluding carboxylic acids is 2. The van der Waals surface area contributed by atoms with Crippen LogP contribution in [0.15, 0.2) is 78.4 Å². The second-order valence-electron chi connectivity index (χ2n) is 8.42. The van der Waals surface area contributed by atoms with Crippen LogP contribution in [0.5, 0.6) is 5.75 Å². The Morgan fingerprint density at radius 3 is 2.52 bits per heavy atom. The number of hydrogen-bond donors (Lipinski definition) is 1. The van der Waals surface area contributed by atoms with Crippen molar-refractivity contribution in [2.75, 3.05) is 0 Å². The highest BCUT2D eigenvalue weighted by molar-refractivity contribution is 6.46. The number of ether oxygens (including phenoxy) is 1. The van der Waals surface area contributed by atoms with Gasteiger partial charge in [-0.2, -0.15) is 0 Å². The molecule has 5 nitrogen and oxygen atoms in total. The molecule has 1 amide bonds. The molecule has 0 bridgehead atoms. The molecule has 33 heavy (non-hydrogen) atoms. The van der Waals surface area contributed by atoms with Crippen LogP contribution >= 0.6 is 11.6 Å². The molecular weight excluding hydrogens is 438 g/mol. The first-order valence-electron chi connectivity index (χ1n) is 10.8. The van der Waals surface area contributed by atoms with E-state index in [0.29, 0.717) is 16.1 Å². The Bertz CT molecular complexity index is 1270. The van der Waals surface area contributed by atoms with E-state index in [2.05, 4.69) is 0 Å². The van der Waals surface area contributed by atoms with Crippen molar-refractivity contribution >= 4 is 29.1 Å². The van der Waals surface area contributed by atoms with E-state index >= 15 is 0 Å². The zero-order chi connectivity index (χ0) is 23.1. The summed E-state index contributed by atoms with van der Waals surface area (Å²) >= 11 is 6.08. The summed E-state index contributed by atoms with van der Waals surface area (Å²) < 4.78 is 5.75. The van der Waals surface area contributed by atoms with Crippen LogP contribution in [0, 0.1) is 0 Å². The van der Waals surface area contributed by atoms with Gasteiger partial charge in [-0.15, -0.1) is 0 Å². The third-order valence-corrected chi connectivity index (χ3v) is 6.34. The number of aliphatic hydroxyl groups excluding tert-OH is 1. The number of rotatable bonds is 4. The molecule has 3 aromatic rings. The quantitative estimate of drug-likeness (QED) is 0.327. The van der Waals surface area contributed by atoms with E-state index in [1.54, 1.807) is 36.4 Å². The molecule has 2 atom stereocenters. The molecular formula is C27H22ClNO4. The topological polar surface area (TPSA) is 66.8 Å². The lowest BCUT2D eigenvalue weighted by atomic mass is 9.94. The van der Waals surface area contributed by atoms with Gasteiger partial charge in [-0.1, -0.05) is 54.1 Å². The number of amides is 1. The summed E-state index contributed by atoms with van der Waals surface area (Å²) in [5.74, 6) is -0.754. The van der Waals surface area contributed by atoms with Crippen molar-refractivity contribution in [3.63, 3.8) is 0 Å². The number of benzene rings is 3. The van der Waals surface area contributed by atoms with E-state index in [4.69, 9.17) is 16.3 Å². The van der Waals surface area contributed by atoms with Crippen LogP contribution in [0.3, 0.4) is 0 Å². The fourth-order valence-electron chi connectivity index (χ4n) is 4.54. The number of likely N-dealkylation sites (tertiary alicyclic amines) is 1. The molecule has 0 aromatic heterocycles. The molecule has 1 saturated heterocycles. The molecule has 6 heteroatoms. The van der Waals surface area contributed by atoms with Gasteiger partial charge in [0.1, 0.15) is 17.6 Å². The molecule has 166 valence electrons. The lowest BCUT2D eigenvalue weighted by molar-refractivity contribution is -0.140. The van der Waals surface area contributed by atoms with Crippen LogP contribution in [-0.4, -0.2) is 27.8 Å². The summed E-state index contributed by atoms with van der Waals surface area (Å²) in [6, 6.07) is 21.1. The van der Waals surface area contributed by atoms with Gasteiger partial charge in [0.15, 0.2) is 0 Å². The first kappa shape index (κ1) is 21.3. The van der Waals surface area contributed by atoms with Crippen LogP contribution in [0.2, 0.25) is 5.02 Å². The second-order valence-corrected chi connectivity index (χ2v) is 8.86. The van der Waals surface area contributed by atoms with Crippen LogP contribution in [-0.2, 0) is 22.6 Å². The molecule has 0 aliphatic carbocycles. The summed E-state index contributed by atoms with van der Waals surface area (Å²) in [6.45, 7) is 2.22. The van der Waals surface area contributed by atoms with Gasteiger partial charge < -0.3 is 14.7 Å². The maximum absolute atomic E-state index is 13.2. The van der Waals surface area contributed by atoms with Crippen molar-refractivity contribution < 1.29 is 19.4 Å². The highest BCUT2D eigenvalue weighted by Gasteiger charge is 2.46. The summed E-state index contributed by atoms with van der Waals surface area (Å²) in [6.07, 6.45) is 0.780. The number of hydrogen-bond acceptors (Lipinski definition) is 4. The predicted octanol–water partition coefficient (Wildman–Crippen LogP) is 5.29. The van der Waals surface area contributed by atoms with E-state index in [1.807, 2.05) is 43.3 Å². The van der Waals surface area contributed by atoms with Gasteiger partial charge >= 0.3 is 0 Å². The maximum atomic E-state index is 13.2. The first-order valence-corrected chi connectivity index (χ1v) is 11.2. The minimum atomic E-state index is -0.731. The van der Waals surface area contributed by atoms with Crippen molar-refractivity contribution in [1.82, 2.24) is 4.90 Å². The monoisotopic (exact) mass is 459 g/mol. The first-order chi connectivity index (χ1) is 15.9. The molecule has 2 aliphatic rings. The summed E-state index contributed by atoms with van der Waals surface area (Å²) in [7, 11) is 0. The number of nitrogens with zero attached hydrogens (tertiary/aromatic N) is 1. The Labute approximate surface area is 196 Å². The highest BCUT2D eigenvalue weighted by Crippen LogP contribution is 2.41. The summed E-state index contributed by atoms with van der Waals surface area (Å²) in [4.78, 5) is 27.8. The molecule has 2 aliphatic heterocycles. The smallest absolute Gasteiger partial charge is 0.295 e. The van der Waals surface area contributed by atoms with E-state index in [9.17, 15) is 14.7 Å². The van der Waals surface area contributed by atoms with E-state index in [0.717, 1.165) is 23.3 Å². The Balaban J connectivity index is 1.62.